The fraction of sp³-hybridized carbons (Fsp3) is 0.118. The van der Waals surface area contributed by atoms with Gasteiger partial charge in [0.2, 0.25) is 6.71 Å². The van der Waals surface area contributed by atoms with Gasteiger partial charge in [0.15, 0.2) is 0 Å². The van der Waals surface area contributed by atoms with Crippen molar-refractivity contribution in [1.29, 1.82) is 0 Å². The maximum atomic E-state index is 2.65. The molecule has 0 spiro atoms. The molecule has 0 saturated carbocycles. The molecule has 4 aliphatic heterocycles. The summed E-state index contributed by atoms with van der Waals surface area (Å²) in [6.07, 6.45) is 0. The first-order valence-corrected chi connectivity index (χ1v) is 27.3. The quantitative estimate of drug-likeness (QED) is 0.163. The van der Waals surface area contributed by atoms with Gasteiger partial charge in [-0.25, -0.2) is 0 Å². The Bertz CT molecular complexity index is 4100. The number of benzene rings is 10. The number of nitrogens with zero attached hydrogens (tertiary/aromatic N) is 4. The highest BCUT2D eigenvalue weighted by Crippen LogP contribution is 2.49. The number of fused-ring (bicyclic) bond motifs is 11. The number of para-hydroxylation sites is 6. The summed E-state index contributed by atoms with van der Waals surface area (Å²) in [7, 11) is 0. The first-order chi connectivity index (χ1) is 36.5. The Balaban J connectivity index is 1.04. The molecule has 10 aromatic carbocycles. The Labute approximate surface area is 445 Å². The molecular weight excluding hydrogens is 926 g/mol. The lowest BCUT2D eigenvalue weighted by Gasteiger charge is -2.46. The van der Waals surface area contributed by atoms with Crippen LogP contribution in [-0.2, 0) is 10.8 Å². The molecule has 4 nitrogen and oxygen atoms in total. The van der Waals surface area contributed by atoms with E-state index in [4.69, 9.17) is 0 Å². The molecular formula is C68H54B2N4S. The molecule has 0 bridgehead atoms. The minimum absolute atomic E-state index is 0.0256. The third-order valence-corrected chi connectivity index (χ3v) is 17.6. The van der Waals surface area contributed by atoms with Crippen molar-refractivity contribution in [2.75, 3.05) is 14.7 Å². The van der Waals surface area contributed by atoms with Gasteiger partial charge in [-0.1, -0.05) is 180 Å². The second-order valence-corrected chi connectivity index (χ2v) is 24.0. The van der Waals surface area contributed by atoms with E-state index >= 15 is 0 Å². The standard InChI is InChI=1S/C68H54B2N4S/c1-67(2,3)43-36-60-65-61(37-43)73(47-26-14-9-15-27-47)59-42-63-54(70-51-30-18-21-33-57(51)71(45-22-10-7-11-23-45)62-38-44(68(4,5)6)39-64(75-63)66(62)70)41-53(59)69(65)52-35-34-48(40-58(52)72(60)46-24-12-8-13-25-46)74-55-31-19-16-28-49(55)50-29-17-20-32-56(50)74/h7-42H,1-6H3. The Hall–Kier alpha value is -8.12. The molecule has 0 saturated heterocycles. The SMILES string of the molecule is CC(C)(C)c1cc2c3c(c1)N(c1ccccc1)c1ccccc1B3c1cc3c(cc1S2)N(c1ccccc1)c1cc(C(C)(C)C)cc2c1B3c1ccc(-n3c4ccccc4c4ccccc43)cc1N2c1ccccc1. The van der Waals surface area contributed by atoms with Crippen LogP contribution in [0.5, 0.6) is 0 Å². The molecule has 5 heterocycles. The Morgan fingerprint density at radius 1 is 0.320 bits per heavy atom. The molecule has 0 unspecified atom stereocenters. The smallest absolute Gasteiger partial charge is 0.252 e. The highest BCUT2D eigenvalue weighted by molar-refractivity contribution is 8.00. The number of anilines is 9. The molecule has 0 atom stereocenters. The van der Waals surface area contributed by atoms with Gasteiger partial charge in [-0.2, -0.15) is 0 Å². The normalized spacial score (nSPS) is 14.1. The fourth-order valence-electron chi connectivity index (χ4n) is 12.9. The first-order valence-electron chi connectivity index (χ1n) is 26.5. The summed E-state index contributed by atoms with van der Waals surface area (Å²) in [6.45, 7) is 14.1. The van der Waals surface area contributed by atoms with Crippen LogP contribution in [0.2, 0.25) is 0 Å². The first kappa shape index (κ1) is 44.4. The molecule has 0 aliphatic carbocycles. The van der Waals surface area contributed by atoms with E-state index in [1.165, 1.54) is 115 Å². The Morgan fingerprint density at radius 2 is 0.773 bits per heavy atom. The van der Waals surface area contributed by atoms with Gasteiger partial charge in [0.1, 0.15) is 0 Å². The number of hydrogen-bond acceptors (Lipinski definition) is 4. The number of aromatic nitrogens is 1. The minimum atomic E-state index is -0.142. The molecule has 7 heteroatoms. The van der Waals surface area contributed by atoms with Gasteiger partial charge in [0.25, 0.3) is 6.71 Å². The molecule has 15 rings (SSSR count). The summed E-state index contributed by atoms with van der Waals surface area (Å²) in [5.41, 5.74) is 24.9. The fourth-order valence-corrected chi connectivity index (χ4v) is 14.2. The van der Waals surface area contributed by atoms with E-state index in [9.17, 15) is 0 Å². The highest BCUT2D eigenvalue weighted by Gasteiger charge is 2.48. The molecule has 0 radical (unpaired) electrons. The summed E-state index contributed by atoms with van der Waals surface area (Å²) in [6, 6.07) is 82.7. The lowest BCUT2D eigenvalue weighted by molar-refractivity contribution is 0.589. The van der Waals surface area contributed by atoms with Gasteiger partial charge in [-0.05, 0) is 146 Å². The van der Waals surface area contributed by atoms with E-state index in [0.717, 1.165) is 17.1 Å². The third-order valence-electron chi connectivity index (χ3n) is 16.5. The predicted octanol–water partition coefficient (Wildman–Crippen LogP) is 14.2. The molecule has 0 N–H and O–H groups in total. The van der Waals surface area contributed by atoms with Crippen LogP contribution in [0.15, 0.2) is 228 Å². The summed E-state index contributed by atoms with van der Waals surface area (Å²) >= 11 is 1.96. The lowest BCUT2D eigenvalue weighted by Crippen LogP contribution is -2.64. The van der Waals surface area contributed by atoms with Gasteiger partial charge in [0.05, 0.1) is 11.0 Å². The largest absolute Gasteiger partial charge is 0.311 e. The zero-order valence-corrected chi connectivity index (χ0v) is 44.0. The summed E-state index contributed by atoms with van der Waals surface area (Å²) in [5.74, 6) is 0. The van der Waals surface area contributed by atoms with Crippen molar-refractivity contribution < 1.29 is 0 Å². The molecule has 75 heavy (non-hydrogen) atoms. The molecule has 11 aromatic rings. The van der Waals surface area contributed by atoms with Gasteiger partial charge in [0, 0.05) is 77.4 Å². The van der Waals surface area contributed by atoms with Crippen molar-refractivity contribution in [1.82, 2.24) is 4.57 Å². The van der Waals surface area contributed by atoms with E-state index in [0.29, 0.717) is 0 Å². The van der Waals surface area contributed by atoms with Gasteiger partial charge >= 0.3 is 0 Å². The zero-order valence-electron chi connectivity index (χ0n) is 43.1. The lowest BCUT2D eigenvalue weighted by atomic mass is 9.31. The minimum Gasteiger partial charge on any atom is -0.311 e. The van der Waals surface area contributed by atoms with Crippen LogP contribution in [0.1, 0.15) is 52.7 Å². The van der Waals surface area contributed by atoms with Crippen molar-refractivity contribution in [2.45, 2.75) is 62.2 Å². The average Bonchev–Trinajstić information content (AvgIpc) is 3.77. The topological polar surface area (TPSA) is 14.7 Å². The second kappa shape index (κ2) is 16.2. The summed E-state index contributed by atoms with van der Waals surface area (Å²) in [4.78, 5) is 10.3. The van der Waals surface area contributed by atoms with Crippen LogP contribution in [0.3, 0.4) is 0 Å². The molecule has 1 aromatic heterocycles. The van der Waals surface area contributed by atoms with Crippen LogP contribution in [0.4, 0.5) is 51.2 Å². The van der Waals surface area contributed by atoms with Gasteiger partial charge < -0.3 is 19.3 Å². The second-order valence-electron chi connectivity index (χ2n) is 22.9. The van der Waals surface area contributed by atoms with Crippen molar-refractivity contribution in [2.24, 2.45) is 0 Å². The van der Waals surface area contributed by atoms with Crippen LogP contribution in [0, 0.1) is 0 Å². The summed E-state index contributed by atoms with van der Waals surface area (Å²) < 4.78 is 2.47. The van der Waals surface area contributed by atoms with Crippen molar-refractivity contribution in [3.05, 3.63) is 230 Å². The molecule has 0 amide bonds. The molecule has 4 aliphatic rings. The Kier molecular flexibility index (Phi) is 9.58. The van der Waals surface area contributed by atoms with Crippen LogP contribution in [-0.4, -0.2) is 18.0 Å². The van der Waals surface area contributed by atoms with E-state index in [2.05, 4.69) is 279 Å². The van der Waals surface area contributed by atoms with Crippen LogP contribution < -0.4 is 47.5 Å². The molecule has 0 fully saturated rings. The third kappa shape index (κ3) is 6.60. The van der Waals surface area contributed by atoms with E-state index in [-0.39, 0.29) is 24.3 Å². The van der Waals surface area contributed by atoms with E-state index in [1.807, 2.05) is 11.8 Å². The van der Waals surface area contributed by atoms with Crippen molar-refractivity contribution >= 4 is 131 Å². The highest BCUT2D eigenvalue weighted by atomic mass is 32.2. The average molecular weight is 981 g/mol. The molecule has 358 valence electrons. The van der Waals surface area contributed by atoms with E-state index < -0.39 is 0 Å². The van der Waals surface area contributed by atoms with Crippen LogP contribution in [0.25, 0.3) is 27.5 Å². The Morgan fingerprint density at radius 3 is 1.35 bits per heavy atom. The maximum Gasteiger partial charge on any atom is 0.252 e. The van der Waals surface area contributed by atoms with Crippen molar-refractivity contribution in [3.8, 4) is 5.69 Å². The number of hydrogen-bond donors (Lipinski definition) is 0. The zero-order chi connectivity index (χ0) is 50.5. The monoisotopic (exact) mass is 980 g/mol. The number of rotatable bonds is 4. The van der Waals surface area contributed by atoms with Crippen LogP contribution >= 0.6 is 11.8 Å². The predicted molar refractivity (Wildman–Crippen MR) is 322 cm³/mol. The van der Waals surface area contributed by atoms with Gasteiger partial charge in [-0.15, -0.1) is 0 Å². The van der Waals surface area contributed by atoms with E-state index in [1.54, 1.807) is 0 Å². The van der Waals surface area contributed by atoms with Gasteiger partial charge in [-0.3, -0.25) is 0 Å². The van der Waals surface area contributed by atoms with Crippen molar-refractivity contribution in [3.63, 3.8) is 0 Å². The summed E-state index contributed by atoms with van der Waals surface area (Å²) in [5, 5.41) is 2.52. The maximum absolute atomic E-state index is 2.65.